The van der Waals surface area contributed by atoms with Crippen LogP contribution in [0.2, 0.25) is 0 Å². The van der Waals surface area contributed by atoms with Gasteiger partial charge in [0.25, 0.3) is 0 Å². The molecule has 0 aliphatic heterocycles. The summed E-state index contributed by atoms with van der Waals surface area (Å²) in [5.74, 6) is -1.14. The van der Waals surface area contributed by atoms with Crippen molar-refractivity contribution < 1.29 is 24.3 Å². The van der Waals surface area contributed by atoms with Gasteiger partial charge >= 0.3 is 13.6 Å². The summed E-state index contributed by atoms with van der Waals surface area (Å²) in [6.07, 6.45) is 1.19. The predicted molar refractivity (Wildman–Crippen MR) is 56.9 cm³/mol. The molecule has 0 aliphatic carbocycles. The second kappa shape index (κ2) is 3.45. The van der Waals surface area contributed by atoms with Gasteiger partial charge in [-0.1, -0.05) is 0 Å². The maximum Gasteiger partial charge on any atom is 0.358 e. The zero-order chi connectivity index (χ0) is 11.9. The average molecular weight is 241 g/mol. The molecule has 2 aromatic rings. The van der Waals surface area contributed by atoms with Crippen LogP contribution in [-0.2, 0) is 4.57 Å². The lowest BCUT2D eigenvalue weighted by atomic mass is 10.1. The van der Waals surface area contributed by atoms with Crippen LogP contribution in [0.4, 0.5) is 0 Å². The summed E-state index contributed by atoms with van der Waals surface area (Å²) in [5.41, 5.74) is 0.477. The van der Waals surface area contributed by atoms with Crippen molar-refractivity contribution in [1.82, 2.24) is 4.98 Å². The lowest BCUT2D eigenvalue weighted by Crippen LogP contribution is -2.02. The van der Waals surface area contributed by atoms with Gasteiger partial charge in [-0.25, -0.2) is 4.79 Å². The van der Waals surface area contributed by atoms with E-state index in [2.05, 4.69) is 4.98 Å². The lowest BCUT2D eigenvalue weighted by molar-refractivity contribution is 0.0697. The topological polar surface area (TPSA) is 111 Å². The van der Waals surface area contributed by atoms with Gasteiger partial charge in [-0.05, 0) is 18.2 Å². The number of hydrogen-bond donors (Lipinski definition) is 4. The second-order valence-corrected chi connectivity index (χ2v) is 4.85. The Morgan fingerprint density at radius 3 is 2.56 bits per heavy atom. The van der Waals surface area contributed by atoms with Crippen LogP contribution in [0.1, 0.15) is 10.4 Å². The average Bonchev–Trinajstić information content (AvgIpc) is 2.58. The molecule has 1 aromatic heterocycles. The molecule has 2 rings (SSSR count). The van der Waals surface area contributed by atoms with E-state index in [1.54, 1.807) is 0 Å². The first kappa shape index (κ1) is 10.9. The summed E-state index contributed by atoms with van der Waals surface area (Å²) in [4.78, 5) is 31.5. The number of benzene rings is 1. The molecule has 1 heterocycles. The monoisotopic (exact) mass is 241 g/mol. The van der Waals surface area contributed by atoms with Crippen LogP contribution in [-0.4, -0.2) is 25.8 Å². The van der Waals surface area contributed by atoms with Gasteiger partial charge in [0.2, 0.25) is 0 Å². The van der Waals surface area contributed by atoms with Crippen LogP contribution < -0.4 is 5.30 Å². The molecule has 0 saturated heterocycles. The summed E-state index contributed by atoms with van der Waals surface area (Å²) in [6.45, 7) is 0. The Labute approximate surface area is 89.7 Å². The van der Waals surface area contributed by atoms with Gasteiger partial charge < -0.3 is 19.9 Å². The molecule has 0 spiro atoms. The third-order valence-corrected chi connectivity index (χ3v) is 3.22. The first-order valence-corrected chi connectivity index (χ1v) is 5.91. The third-order valence-electron chi connectivity index (χ3n) is 2.22. The molecule has 0 fully saturated rings. The van der Waals surface area contributed by atoms with Crippen molar-refractivity contribution >= 4 is 29.8 Å². The summed E-state index contributed by atoms with van der Waals surface area (Å²) in [6, 6.07) is 4.07. The Balaban J connectivity index is 2.75. The minimum atomic E-state index is -4.39. The minimum absolute atomic E-state index is 0.0122. The Bertz CT molecular complexity index is 611. The number of hydrogen-bond acceptors (Lipinski definition) is 2. The molecule has 4 N–H and O–H groups in total. The summed E-state index contributed by atoms with van der Waals surface area (Å²) < 4.78 is 11.1. The van der Waals surface area contributed by atoms with Gasteiger partial charge in [0.1, 0.15) is 0 Å². The number of nitrogens with one attached hydrogen (secondary N) is 1. The molecule has 7 heteroatoms. The quantitative estimate of drug-likeness (QED) is 0.577. The maximum absolute atomic E-state index is 11.1. The number of carbonyl (C=O) groups is 1. The van der Waals surface area contributed by atoms with Gasteiger partial charge in [0.15, 0.2) is 0 Å². The van der Waals surface area contributed by atoms with Crippen LogP contribution in [0, 0.1) is 0 Å². The van der Waals surface area contributed by atoms with E-state index >= 15 is 0 Å². The zero-order valence-electron chi connectivity index (χ0n) is 7.91. The highest BCUT2D eigenvalue weighted by molar-refractivity contribution is 7.60. The van der Waals surface area contributed by atoms with E-state index in [-0.39, 0.29) is 16.3 Å². The standard InChI is InChI=1S/C9H8NO5P/c11-9(12)5-1-2-7-6(3-5)8(4-10-7)16(13,14)15/h1-4,10H,(H,11,12)(H2,13,14,15). The van der Waals surface area contributed by atoms with Crippen molar-refractivity contribution in [2.45, 2.75) is 0 Å². The SMILES string of the molecule is O=C(O)c1ccc2[nH]cc(P(=O)(O)O)c2c1. The van der Waals surface area contributed by atoms with Crippen molar-refractivity contribution in [1.29, 1.82) is 0 Å². The normalized spacial score (nSPS) is 11.9. The maximum atomic E-state index is 11.1. The zero-order valence-corrected chi connectivity index (χ0v) is 8.81. The molecule has 0 aliphatic rings. The van der Waals surface area contributed by atoms with E-state index in [9.17, 15) is 9.36 Å². The molecule has 0 amide bonds. The summed E-state index contributed by atoms with van der Waals surface area (Å²) in [7, 11) is -4.39. The number of carboxylic acid groups (broad SMARTS) is 1. The summed E-state index contributed by atoms with van der Waals surface area (Å²) >= 11 is 0. The number of aromatic nitrogens is 1. The van der Waals surface area contributed by atoms with E-state index in [0.29, 0.717) is 5.52 Å². The van der Waals surface area contributed by atoms with Crippen LogP contribution in [0.5, 0.6) is 0 Å². The largest absolute Gasteiger partial charge is 0.478 e. The molecule has 0 radical (unpaired) electrons. The van der Waals surface area contributed by atoms with E-state index < -0.39 is 13.6 Å². The summed E-state index contributed by atoms with van der Waals surface area (Å²) in [5, 5.41) is 8.81. The van der Waals surface area contributed by atoms with Gasteiger partial charge in [-0.15, -0.1) is 0 Å². The van der Waals surface area contributed by atoms with E-state index in [4.69, 9.17) is 14.9 Å². The highest BCUT2D eigenvalue weighted by Gasteiger charge is 2.22. The Kier molecular flexibility index (Phi) is 2.35. The molecule has 0 unspecified atom stereocenters. The molecule has 84 valence electrons. The van der Waals surface area contributed by atoms with E-state index in [1.807, 2.05) is 0 Å². The number of carboxylic acids is 1. The molecule has 0 saturated carbocycles. The van der Waals surface area contributed by atoms with Crippen molar-refractivity contribution in [3.05, 3.63) is 30.0 Å². The molecule has 1 aromatic carbocycles. The van der Waals surface area contributed by atoms with Crippen LogP contribution in [0.15, 0.2) is 24.4 Å². The third kappa shape index (κ3) is 1.74. The van der Waals surface area contributed by atoms with Crippen molar-refractivity contribution in [2.24, 2.45) is 0 Å². The number of aromatic carboxylic acids is 1. The fourth-order valence-corrected chi connectivity index (χ4v) is 2.21. The smallest absolute Gasteiger partial charge is 0.358 e. The van der Waals surface area contributed by atoms with Gasteiger partial charge in [0.05, 0.1) is 10.9 Å². The van der Waals surface area contributed by atoms with E-state index in [0.717, 1.165) is 0 Å². The molecule has 0 atom stereocenters. The number of H-pyrrole nitrogens is 1. The van der Waals surface area contributed by atoms with Crippen molar-refractivity contribution in [3.63, 3.8) is 0 Å². The number of rotatable bonds is 2. The fraction of sp³-hybridized carbons (Fsp3) is 0. The van der Waals surface area contributed by atoms with Gasteiger partial charge in [0, 0.05) is 17.1 Å². The molecule has 0 bridgehead atoms. The minimum Gasteiger partial charge on any atom is -0.478 e. The van der Waals surface area contributed by atoms with Crippen molar-refractivity contribution in [2.75, 3.05) is 0 Å². The lowest BCUT2D eigenvalue weighted by Gasteiger charge is -2.01. The van der Waals surface area contributed by atoms with Crippen LogP contribution >= 0.6 is 7.60 Å². The van der Waals surface area contributed by atoms with Crippen LogP contribution in [0.3, 0.4) is 0 Å². The number of aromatic amines is 1. The molecule has 6 nitrogen and oxygen atoms in total. The van der Waals surface area contributed by atoms with Crippen LogP contribution in [0.25, 0.3) is 10.9 Å². The Hall–Kier alpha value is -1.62. The first-order chi connectivity index (χ1) is 7.39. The van der Waals surface area contributed by atoms with Crippen molar-refractivity contribution in [3.8, 4) is 0 Å². The van der Waals surface area contributed by atoms with Gasteiger partial charge in [-0.3, -0.25) is 4.57 Å². The Morgan fingerprint density at radius 1 is 1.31 bits per heavy atom. The molecular formula is C9H8NO5P. The first-order valence-electron chi connectivity index (χ1n) is 4.30. The highest BCUT2D eigenvalue weighted by Crippen LogP contribution is 2.36. The second-order valence-electron chi connectivity index (χ2n) is 3.28. The van der Waals surface area contributed by atoms with E-state index in [1.165, 1.54) is 24.4 Å². The number of fused-ring (bicyclic) bond motifs is 1. The fourth-order valence-electron chi connectivity index (χ4n) is 1.48. The Morgan fingerprint density at radius 2 is 2.00 bits per heavy atom. The predicted octanol–water partition coefficient (Wildman–Crippen LogP) is 0.669. The molecule has 16 heavy (non-hydrogen) atoms. The van der Waals surface area contributed by atoms with Gasteiger partial charge in [-0.2, -0.15) is 0 Å². The highest BCUT2D eigenvalue weighted by atomic mass is 31.2. The molecular weight excluding hydrogens is 233 g/mol.